The van der Waals surface area contributed by atoms with Crippen molar-refractivity contribution in [3.8, 4) is 5.75 Å². The van der Waals surface area contributed by atoms with E-state index in [2.05, 4.69) is 4.99 Å². The Labute approximate surface area is 105 Å². The second-order valence-corrected chi connectivity index (χ2v) is 3.91. The fourth-order valence-corrected chi connectivity index (χ4v) is 1.62. The highest BCUT2D eigenvalue weighted by molar-refractivity contribution is 6.09. The number of benzene rings is 1. The smallest absolute Gasteiger partial charge is 0.185 e. The zero-order valence-corrected chi connectivity index (χ0v) is 9.71. The van der Waals surface area contributed by atoms with Crippen molar-refractivity contribution in [1.82, 2.24) is 0 Å². The van der Waals surface area contributed by atoms with Crippen molar-refractivity contribution in [3.63, 3.8) is 0 Å². The van der Waals surface area contributed by atoms with Crippen LogP contribution in [0.25, 0.3) is 0 Å². The van der Waals surface area contributed by atoms with E-state index in [1.807, 2.05) is 6.08 Å². The average Bonchev–Trinajstić information content (AvgIpc) is 2.89. The van der Waals surface area contributed by atoms with E-state index in [1.54, 1.807) is 12.3 Å². The van der Waals surface area contributed by atoms with Crippen LogP contribution in [0.15, 0.2) is 47.6 Å². The van der Waals surface area contributed by atoms with Gasteiger partial charge in [-0.3, -0.25) is 9.79 Å². The first-order valence-electron chi connectivity index (χ1n) is 5.57. The van der Waals surface area contributed by atoms with Crippen LogP contribution in [0.3, 0.4) is 0 Å². The Morgan fingerprint density at radius 1 is 1.44 bits per heavy atom. The Hall–Kier alpha value is -2.20. The topological polar surface area (TPSA) is 69.9 Å². The Bertz CT molecular complexity index is 556. The molecule has 0 amide bonds. The number of rotatable bonds is 4. The van der Waals surface area contributed by atoms with Gasteiger partial charge >= 0.3 is 0 Å². The lowest BCUT2D eigenvalue weighted by molar-refractivity contribution is 0.104. The van der Waals surface area contributed by atoms with Crippen LogP contribution in [0.2, 0.25) is 0 Å². The molecule has 18 heavy (non-hydrogen) atoms. The monoisotopic (exact) mass is 243 g/mol. The van der Waals surface area contributed by atoms with E-state index in [9.17, 15) is 9.90 Å². The third-order valence-electron chi connectivity index (χ3n) is 2.63. The van der Waals surface area contributed by atoms with Crippen molar-refractivity contribution in [2.45, 2.75) is 13.0 Å². The molecule has 1 aliphatic heterocycles. The number of aliphatic hydroxyl groups is 1. The SMILES string of the molecule is O=C(/C=C/C1=NC=CC1)c1ccc(O)c(CO)c1. The van der Waals surface area contributed by atoms with Gasteiger partial charge in [0, 0.05) is 29.5 Å². The van der Waals surface area contributed by atoms with Gasteiger partial charge in [-0.05, 0) is 30.4 Å². The lowest BCUT2D eigenvalue weighted by Crippen LogP contribution is -1.98. The Balaban J connectivity index is 2.13. The van der Waals surface area contributed by atoms with Crippen molar-refractivity contribution < 1.29 is 15.0 Å². The number of carbonyl (C=O) groups excluding carboxylic acids is 1. The van der Waals surface area contributed by atoms with Gasteiger partial charge in [0.1, 0.15) is 5.75 Å². The molecule has 1 aromatic carbocycles. The second kappa shape index (κ2) is 5.42. The third kappa shape index (κ3) is 2.73. The number of hydrogen-bond donors (Lipinski definition) is 2. The van der Waals surface area contributed by atoms with E-state index in [4.69, 9.17) is 5.11 Å². The molecule has 0 saturated carbocycles. The lowest BCUT2D eigenvalue weighted by Gasteiger charge is -2.02. The van der Waals surface area contributed by atoms with Crippen LogP contribution in [0, 0.1) is 0 Å². The van der Waals surface area contributed by atoms with Crippen LogP contribution in [0.4, 0.5) is 0 Å². The van der Waals surface area contributed by atoms with E-state index >= 15 is 0 Å². The van der Waals surface area contributed by atoms with Crippen molar-refractivity contribution in [3.05, 3.63) is 53.8 Å². The first-order valence-corrected chi connectivity index (χ1v) is 5.57. The maximum Gasteiger partial charge on any atom is 0.185 e. The molecule has 0 aliphatic carbocycles. The summed E-state index contributed by atoms with van der Waals surface area (Å²) in [6.07, 6.45) is 7.47. The second-order valence-electron chi connectivity index (χ2n) is 3.91. The highest BCUT2D eigenvalue weighted by Gasteiger charge is 2.07. The maximum atomic E-state index is 11.9. The minimum absolute atomic E-state index is 0.0117. The van der Waals surface area contributed by atoms with Gasteiger partial charge in [0.2, 0.25) is 0 Å². The molecule has 0 atom stereocenters. The summed E-state index contributed by atoms with van der Waals surface area (Å²) in [5, 5.41) is 18.4. The van der Waals surface area contributed by atoms with E-state index in [0.717, 1.165) is 12.1 Å². The number of nitrogens with zero attached hydrogens (tertiary/aromatic N) is 1. The summed E-state index contributed by atoms with van der Waals surface area (Å²) >= 11 is 0. The van der Waals surface area contributed by atoms with Crippen LogP contribution in [0.1, 0.15) is 22.3 Å². The van der Waals surface area contributed by atoms with Gasteiger partial charge < -0.3 is 10.2 Å². The first-order chi connectivity index (χ1) is 8.70. The average molecular weight is 243 g/mol. The number of carbonyl (C=O) groups is 1. The normalized spacial score (nSPS) is 14.2. The van der Waals surface area contributed by atoms with Gasteiger partial charge in [-0.15, -0.1) is 0 Å². The van der Waals surface area contributed by atoms with Crippen molar-refractivity contribution in [2.75, 3.05) is 0 Å². The number of aliphatic hydroxyl groups excluding tert-OH is 1. The number of allylic oxidation sites excluding steroid dienone is 3. The number of aromatic hydroxyl groups is 1. The standard InChI is InChI=1S/C14H13NO3/c16-9-11-8-10(3-5-14(11)18)13(17)6-4-12-2-1-7-15-12/h1,3-8,16,18H,2,9H2/b6-4+. The molecule has 0 saturated heterocycles. The molecule has 2 rings (SSSR count). The zero-order valence-electron chi connectivity index (χ0n) is 9.71. The van der Waals surface area contributed by atoms with E-state index in [-0.39, 0.29) is 18.1 Å². The quantitative estimate of drug-likeness (QED) is 0.627. The highest BCUT2D eigenvalue weighted by atomic mass is 16.3. The van der Waals surface area contributed by atoms with Gasteiger partial charge in [0.25, 0.3) is 0 Å². The van der Waals surface area contributed by atoms with E-state index < -0.39 is 0 Å². The molecule has 1 aromatic rings. The fraction of sp³-hybridized carbons (Fsp3) is 0.143. The Morgan fingerprint density at radius 2 is 2.28 bits per heavy atom. The van der Waals surface area contributed by atoms with Crippen molar-refractivity contribution in [1.29, 1.82) is 0 Å². The number of phenols is 1. The minimum Gasteiger partial charge on any atom is -0.508 e. The van der Waals surface area contributed by atoms with Crippen molar-refractivity contribution >= 4 is 11.5 Å². The Morgan fingerprint density at radius 3 is 2.94 bits per heavy atom. The summed E-state index contributed by atoms with van der Waals surface area (Å²) < 4.78 is 0. The number of ketones is 1. The van der Waals surface area contributed by atoms with Gasteiger partial charge in [-0.2, -0.15) is 0 Å². The number of aliphatic imine (C=N–C) groups is 1. The van der Waals surface area contributed by atoms with Crippen molar-refractivity contribution in [2.24, 2.45) is 4.99 Å². The summed E-state index contributed by atoms with van der Waals surface area (Å²) in [7, 11) is 0. The fourth-order valence-electron chi connectivity index (χ4n) is 1.62. The Kier molecular flexibility index (Phi) is 3.69. The molecule has 2 N–H and O–H groups in total. The van der Waals surface area contributed by atoms with Crippen LogP contribution in [-0.4, -0.2) is 21.7 Å². The van der Waals surface area contributed by atoms with Crippen LogP contribution in [-0.2, 0) is 6.61 Å². The van der Waals surface area contributed by atoms with Gasteiger partial charge in [-0.1, -0.05) is 6.08 Å². The molecule has 0 unspecified atom stereocenters. The van der Waals surface area contributed by atoms with Crippen LogP contribution < -0.4 is 0 Å². The van der Waals surface area contributed by atoms with E-state index in [0.29, 0.717) is 11.1 Å². The lowest BCUT2D eigenvalue weighted by atomic mass is 10.1. The highest BCUT2D eigenvalue weighted by Crippen LogP contribution is 2.18. The molecule has 0 aromatic heterocycles. The third-order valence-corrected chi connectivity index (χ3v) is 2.63. The molecule has 4 heteroatoms. The summed E-state index contributed by atoms with van der Waals surface area (Å²) in [5.74, 6) is -0.193. The van der Waals surface area contributed by atoms with Crippen LogP contribution in [0.5, 0.6) is 5.75 Å². The molecule has 0 radical (unpaired) electrons. The van der Waals surface area contributed by atoms with Gasteiger partial charge in [0.15, 0.2) is 5.78 Å². The summed E-state index contributed by atoms with van der Waals surface area (Å²) in [5.41, 5.74) is 1.61. The molecule has 0 fully saturated rings. The predicted octanol–water partition coefficient (Wildman–Crippen LogP) is 1.98. The number of hydrogen-bond acceptors (Lipinski definition) is 4. The molecule has 4 nitrogen and oxygen atoms in total. The summed E-state index contributed by atoms with van der Waals surface area (Å²) in [6, 6.07) is 4.41. The molecule has 1 heterocycles. The molecule has 0 spiro atoms. The summed E-state index contributed by atoms with van der Waals surface area (Å²) in [4.78, 5) is 15.9. The molecule has 0 bridgehead atoms. The minimum atomic E-state index is -0.298. The first kappa shape index (κ1) is 12.3. The van der Waals surface area contributed by atoms with Gasteiger partial charge in [0.05, 0.1) is 6.61 Å². The van der Waals surface area contributed by atoms with Gasteiger partial charge in [-0.25, -0.2) is 0 Å². The zero-order chi connectivity index (χ0) is 13.0. The molecular weight excluding hydrogens is 230 g/mol. The van der Waals surface area contributed by atoms with Crippen LogP contribution >= 0.6 is 0 Å². The summed E-state index contributed by atoms with van der Waals surface area (Å²) in [6.45, 7) is -0.298. The molecule has 92 valence electrons. The predicted molar refractivity (Wildman–Crippen MR) is 68.7 cm³/mol. The largest absolute Gasteiger partial charge is 0.508 e. The molecule has 1 aliphatic rings. The molecular formula is C14H13NO3. The maximum absolute atomic E-state index is 11.9. The van der Waals surface area contributed by atoms with E-state index in [1.165, 1.54) is 24.3 Å².